The zero-order chi connectivity index (χ0) is 38.2. The van der Waals surface area contributed by atoms with Gasteiger partial charge in [0.25, 0.3) is 0 Å². The number of methoxy groups -OCH3 is 2. The third kappa shape index (κ3) is 38.6. The zero-order valence-electron chi connectivity index (χ0n) is 34.1. The van der Waals surface area contributed by atoms with Crippen molar-refractivity contribution in [2.24, 2.45) is 0 Å². The van der Waals surface area contributed by atoms with Gasteiger partial charge in [-0.05, 0) is 130 Å². The molecular formula is C45H79NO6. The number of carbonyl (C=O) groups excluding carboxylic acids is 3. The zero-order valence-corrected chi connectivity index (χ0v) is 34.1. The third-order valence-corrected chi connectivity index (χ3v) is 9.25. The number of esters is 3. The molecule has 7 nitrogen and oxygen atoms in total. The van der Waals surface area contributed by atoms with E-state index in [0.717, 1.165) is 103 Å². The van der Waals surface area contributed by atoms with E-state index in [1.165, 1.54) is 78.4 Å². The fourth-order valence-corrected chi connectivity index (χ4v) is 6.01. The van der Waals surface area contributed by atoms with Gasteiger partial charge in [-0.1, -0.05) is 100.0 Å². The van der Waals surface area contributed by atoms with Gasteiger partial charge in [0.2, 0.25) is 0 Å². The third-order valence-electron chi connectivity index (χ3n) is 9.25. The summed E-state index contributed by atoms with van der Waals surface area (Å²) < 4.78 is 15.3. The highest BCUT2D eigenvalue weighted by atomic mass is 16.5. The molecule has 0 radical (unpaired) electrons. The summed E-state index contributed by atoms with van der Waals surface area (Å²) in [6.07, 6.45) is 47.5. The van der Waals surface area contributed by atoms with Crippen molar-refractivity contribution in [2.45, 2.75) is 186 Å². The van der Waals surface area contributed by atoms with Gasteiger partial charge < -0.3 is 19.1 Å². The number of hydrogen-bond donors (Lipinski definition) is 0. The Morgan fingerprint density at radius 1 is 0.442 bits per heavy atom. The van der Waals surface area contributed by atoms with Gasteiger partial charge in [-0.3, -0.25) is 14.4 Å². The highest BCUT2D eigenvalue weighted by Gasteiger charge is 2.14. The van der Waals surface area contributed by atoms with E-state index in [0.29, 0.717) is 19.3 Å². The normalized spacial score (nSPS) is 12.0. The number of ether oxygens (including phenoxy) is 3. The van der Waals surface area contributed by atoms with E-state index in [1.807, 2.05) is 14.1 Å². The molecule has 0 saturated carbocycles. The highest BCUT2D eigenvalue weighted by molar-refractivity contribution is 5.69. The molecular weight excluding hydrogens is 650 g/mol. The van der Waals surface area contributed by atoms with Gasteiger partial charge in [-0.25, -0.2) is 0 Å². The molecule has 52 heavy (non-hydrogen) atoms. The Morgan fingerprint density at radius 2 is 0.788 bits per heavy atom. The first-order valence-electron chi connectivity index (χ1n) is 21.0. The molecule has 0 unspecified atom stereocenters. The van der Waals surface area contributed by atoms with Crippen molar-refractivity contribution in [3.05, 3.63) is 48.6 Å². The molecule has 0 bridgehead atoms. The van der Waals surface area contributed by atoms with Crippen molar-refractivity contribution >= 4 is 17.9 Å². The van der Waals surface area contributed by atoms with Crippen LogP contribution in [0.3, 0.4) is 0 Å². The standard InChI is InChI=1S/C45H79NO6/c1-46(2)41-35-40-45(49)52-42(36-31-27-23-19-15-11-7-5-9-13-17-21-25-29-33-38-43(47)50-3)37-32-28-24-20-16-12-8-6-10-14-18-22-26-30-34-39-44(48)51-4/h5-6,9-10,17-18,21-22,42H,7-8,11-16,19-20,23-41H2,1-4H3/b9-5-,10-6-,21-17-,22-18-. The first kappa shape index (κ1) is 49.3. The second kappa shape index (κ2) is 39.5. The number of rotatable bonds is 37. The molecule has 0 aromatic carbocycles. The van der Waals surface area contributed by atoms with Crippen molar-refractivity contribution in [1.29, 1.82) is 0 Å². The van der Waals surface area contributed by atoms with Gasteiger partial charge in [0.05, 0.1) is 14.2 Å². The van der Waals surface area contributed by atoms with Crippen LogP contribution in [0.4, 0.5) is 0 Å². The quantitative estimate of drug-likeness (QED) is 0.0272. The van der Waals surface area contributed by atoms with Crippen LogP contribution in [0.25, 0.3) is 0 Å². The predicted molar refractivity (Wildman–Crippen MR) is 218 cm³/mol. The molecule has 0 aromatic rings. The van der Waals surface area contributed by atoms with Crippen LogP contribution in [0, 0.1) is 0 Å². The van der Waals surface area contributed by atoms with Crippen LogP contribution in [-0.4, -0.2) is 63.8 Å². The number of carbonyl (C=O) groups is 3. The molecule has 0 amide bonds. The fraction of sp³-hybridized carbons (Fsp3) is 0.756. The predicted octanol–water partition coefficient (Wildman–Crippen LogP) is 12.0. The van der Waals surface area contributed by atoms with Crippen molar-refractivity contribution in [2.75, 3.05) is 34.9 Å². The molecule has 0 saturated heterocycles. The van der Waals surface area contributed by atoms with Crippen molar-refractivity contribution < 1.29 is 28.6 Å². The monoisotopic (exact) mass is 730 g/mol. The van der Waals surface area contributed by atoms with Crippen LogP contribution < -0.4 is 0 Å². The average Bonchev–Trinajstić information content (AvgIpc) is 3.13. The molecule has 0 aliphatic heterocycles. The first-order valence-corrected chi connectivity index (χ1v) is 21.0. The molecule has 0 aliphatic carbocycles. The Balaban J connectivity index is 4.01. The Hall–Kier alpha value is -2.67. The number of hydrogen-bond acceptors (Lipinski definition) is 7. The van der Waals surface area contributed by atoms with E-state index in [4.69, 9.17) is 4.74 Å². The van der Waals surface area contributed by atoms with Gasteiger partial charge in [0.15, 0.2) is 0 Å². The SMILES string of the molecule is COC(=O)CCCC/C=C\C/C=C\CCCCCCCCC(CCCCCCCC/C=C\C/C=C\CCCCC(=O)OC)OC(=O)CCCN(C)C. The van der Waals surface area contributed by atoms with Gasteiger partial charge in [0, 0.05) is 19.3 Å². The summed E-state index contributed by atoms with van der Waals surface area (Å²) in [6, 6.07) is 0. The molecule has 0 N–H and O–H groups in total. The molecule has 0 atom stereocenters. The van der Waals surface area contributed by atoms with E-state index in [9.17, 15) is 14.4 Å². The minimum absolute atomic E-state index is 0.0229. The van der Waals surface area contributed by atoms with Crippen molar-refractivity contribution in [3.8, 4) is 0 Å². The molecule has 0 heterocycles. The van der Waals surface area contributed by atoms with Crippen LogP contribution in [0.1, 0.15) is 180 Å². The molecule has 0 spiro atoms. The van der Waals surface area contributed by atoms with Gasteiger partial charge >= 0.3 is 17.9 Å². The summed E-state index contributed by atoms with van der Waals surface area (Å²) in [5.74, 6) is -0.258. The maximum Gasteiger partial charge on any atom is 0.306 e. The van der Waals surface area contributed by atoms with E-state index >= 15 is 0 Å². The highest BCUT2D eigenvalue weighted by Crippen LogP contribution is 2.18. The van der Waals surface area contributed by atoms with E-state index in [2.05, 4.69) is 63.0 Å². The number of nitrogens with zero attached hydrogens (tertiary/aromatic N) is 1. The fourth-order valence-electron chi connectivity index (χ4n) is 6.01. The lowest BCUT2D eigenvalue weighted by Gasteiger charge is -2.18. The van der Waals surface area contributed by atoms with Crippen LogP contribution in [-0.2, 0) is 28.6 Å². The lowest BCUT2D eigenvalue weighted by molar-refractivity contribution is -0.150. The second-order valence-electron chi connectivity index (χ2n) is 14.4. The molecule has 7 heteroatoms. The maximum absolute atomic E-state index is 12.6. The summed E-state index contributed by atoms with van der Waals surface area (Å²) in [6.45, 7) is 0.918. The van der Waals surface area contributed by atoms with Crippen LogP contribution >= 0.6 is 0 Å². The van der Waals surface area contributed by atoms with Gasteiger partial charge in [-0.2, -0.15) is 0 Å². The number of allylic oxidation sites excluding steroid dienone is 8. The maximum atomic E-state index is 12.6. The van der Waals surface area contributed by atoms with Crippen molar-refractivity contribution in [3.63, 3.8) is 0 Å². The molecule has 0 rings (SSSR count). The summed E-state index contributed by atoms with van der Waals surface area (Å²) in [4.78, 5) is 36.9. The van der Waals surface area contributed by atoms with Crippen LogP contribution in [0.2, 0.25) is 0 Å². The lowest BCUT2D eigenvalue weighted by atomic mass is 10.0. The van der Waals surface area contributed by atoms with Gasteiger partial charge in [0.1, 0.15) is 6.10 Å². The minimum atomic E-state index is -0.118. The summed E-state index contributed by atoms with van der Waals surface area (Å²) in [7, 11) is 6.97. The summed E-state index contributed by atoms with van der Waals surface area (Å²) in [5, 5.41) is 0. The summed E-state index contributed by atoms with van der Waals surface area (Å²) in [5.41, 5.74) is 0. The van der Waals surface area contributed by atoms with E-state index in [1.54, 1.807) is 0 Å². The number of unbranched alkanes of at least 4 members (excludes halogenated alkanes) is 16. The summed E-state index contributed by atoms with van der Waals surface area (Å²) >= 11 is 0. The first-order chi connectivity index (χ1) is 25.4. The second-order valence-corrected chi connectivity index (χ2v) is 14.4. The van der Waals surface area contributed by atoms with E-state index < -0.39 is 0 Å². The Kier molecular flexibility index (Phi) is 37.5. The van der Waals surface area contributed by atoms with Crippen LogP contribution in [0.15, 0.2) is 48.6 Å². The molecule has 0 aromatic heterocycles. The Labute approximate surface area is 320 Å². The van der Waals surface area contributed by atoms with E-state index in [-0.39, 0.29) is 24.0 Å². The molecule has 300 valence electrons. The molecule has 0 fully saturated rings. The molecule has 0 aliphatic rings. The van der Waals surface area contributed by atoms with Gasteiger partial charge in [-0.15, -0.1) is 0 Å². The Bertz CT molecular complexity index is 891. The Morgan fingerprint density at radius 3 is 1.17 bits per heavy atom. The van der Waals surface area contributed by atoms with Crippen LogP contribution in [0.5, 0.6) is 0 Å². The smallest absolute Gasteiger partial charge is 0.306 e. The van der Waals surface area contributed by atoms with Crippen molar-refractivity contribution in [1.82, 2.24) is 4.90 Å². The largest absolute Gasteiger partial charge is 0.469 e. The topological polar surface area (TPSA) is 82.1 Å². The average molecular weight is 730 g/mol. The minimum Gasteiger partial charge on any atom is -0.469 e. The lowest BCUT2D eigenvalue weighted by Crippen LogP contribution is -2.20.